The second-order valence-corrected chi connectivity index (χ2v) is 6.66. The molecule has 0 bridgehead atoms. The maximum absolute atomic E-state index is 10.4. The molecule has 0 saturated heterocycles. The highest BCUT2D eigenvalue weighted by Gasteiger charge is 1.96. The zero-order valence-corrected chi connectivity index (χ0v) is 16.5. The van der Waals surface area contributed by atoms with Crippen molar-refractivity contribution in [3.05, 3.63) is 36.1 Å². The van der Waals surface area contributed by atoms with Crippen LogP contribution in [0.1, 0.15) is 96.8 Å². The molecule has 0 spiro atoms. The molecule has 4 nitrogen and oxygen atoms in total. The first-order valence-electron chi connectivity index (χ1n) is 10.2. The molecule has 0 saturated carbocycles. The molecule has 0 aliphatic rings. The summed E-state index contributed by atoms with van der Waals surface area (Å²) in [4.78, 5) is 14.8. The number of rotatable bonds is 18. The van der Waals surface area contributed by atoms with Crippen molar-refractivity contribution in [2.75, 3.05) is 0 Å². The molecule has 2 N–H and O–H groups in total. The maximum atomic E-state index is 10.4. The van der Waals surface area contributed by atoms with Gasteiger partial charge in [0.25, 0.3) is 0 Å². The second kappa shape index (κ2) is 19.8. The molecule has 0 atom stereocenters. The Balaban J connectivity index is 3.41. The number of unbranched alkanes of at least 4 members (excludes halogenated alkanes) is 9. The Labute approximate surface area is 159 Å². The van der Waals surface area contributed by atoms with Gasteiger partial charge in [0.1, 0.15) is 5.76 Å². The van der Waals surface area contributed by atoms with Crippen LogP contribution in [-0.2, 0) is 9.68 Å². The van der Waals surface area contributed by atoms with Crippen molar-refractivity contribution in [3.8, 4) is 0 Å². The number of carboxylic acids is 1. The number of hydrogen-bond acceptors (Lipinski definition) is 3. The van der Waals surface area contributed by atoms with E-state index in [4.69, 9.17) is 10.4 Å². The van der Waals surface area contributed by atoms with Crippen molar-refractivity contribution in [3.63, 3.8) is 0 Å². The molecule has 0 aromatic rings. The largest absolute Gasteiger partial charge is 0.481 e. The average molecular weight is 367 g/mol. The summed E-state index contributed by atoms with van der Waals surface area (Å²) in [5, 5.41) is 17.4. The number of carbonyl (C=O) groups is 1. The van der Waals surface area contributed by atoms with E-state index in [-0.39, 0.29) is 0 Å². The van der Waals surface area contributed by atoms with Gasteiger partial charge in [-0.05, 0) is 57.4 Å². The zero-order chi connectivity index (χ0) is 19.3. The van der Waals surface area contributed by atoms with E-state index in [0.717, 1.165) is 51.4 Å². The van der Waals surface area contributed by atoms with E-state index in [0.29, 0.717) is 18.6 Å². The van der Waals surface area contributed by atoms with E-state index < -0.39 is 5.97 Å². The molecule has 0 aromatic carbocycles. The lowest BCUT2D eigenvalue weighted by Crippen LogP contribution is -1.93. The Bertz CT molecular complexity index is 410. The van der Waals surface area contributed by atoms with Crippen LogP contribution >= 0.6 is 0 Å². The summed E-state index contributed by atoms with van der Waals surface area (Å²) in [5.41, 5.74) is 0. The summed E-state index contributed by atoms with van der Waals surface area (Å²) in [6.07, 6.45) is 24.7. The van der Waals surface area contributed by atoms with Gasteiger partial charge in [-0.25, -0.2) is 5.26 Å². The number of carboxylic acid groups (broad SMARTS) is 1. The molecule has 0 heterocycles. The number of hydrogen-bond donors (Lipinski definition) is 2. The normalized spacial score (nSPS) is 12.3. The minimum absolute atomic E-state index is 0.295. The molecule has 0 amide bonds. The molecule has 26 heavy (non-hydrogen) atoms. The van der Waals surface area contributed by atoms with Crippen molar-refractivity contribution in [1.82, 2.24) is 0 Å². The molecule has 0 fully saturated rings. The fourth-order valence-electron chi connectivity index (χ4n) is 2.67. The van der Waals surface area contributed by atoms with Crippen molar-refractivity contribution in [2.45, 2.75) is 96.8 Å². The Morgan fingerprint density at radius 1 is 0.808 bits per heavy atom. The van der Waals surface area contributed by atoms with E-state index in [2.05, 4.69) is 30.0 Å². The molecule has 150 valence electrons. The van der Waals surface area contributed by atoms with Crippen LogP contribution in [0.5, 0.6) is 0 Å². The fourth-order valence-corrected chi connectivity index (χ4v) is 2.67. The van der Waals surface area contributed by atoms with Gasteiger partial charge < -0.3 is 9.99 Å². The predicted molar refractivity (Wildman–Crippen MR) is 108 cm³/mol. The van der Waals surface area contributed by atoms with Crippen LogP contribution in [0.25, 0.3) is 0 Å². The molecule has 0 unspecified atom stereocenters. The molecule has 0 aliphatic heterocycles. The van der Waals surface area contributed by atoms with Crippen LogP contribution in [0.2, 0.25) is 0 Å². The second-order valence-electron chi connectivity index (χ2n) is 6.66. The van der Waals surface area contributed by atoms with E-state index in [1.54, 1.807) is 0 Å². The standard InChI is InChI=1S/C22H38O4/c1-2-3-15-18-21(26-25)19-16-13-11-9-7-5-4-6-8-10-12-14-17-20-22(23)24/h3,6,8,15,19,25H,2,4-5,7,9-14,16-18,20H2,1H3,(H,23,24). The zero-order valence-electron chi connectivity index (χ0n) is 16.5. The molecular formula is C22H38O4. The SMILES string of the molecule is CCC=CCC(=CCCCCCCCC=CCCCCCC(=O)O)OO. The third-order valence-electron chi connectivity index (χ3n) is 4.21. The lowest BCUT2D eigenvalue weighted by molar-refractivity contribution is -0.204. The molecule has 0 aliphatic carbocycles. The lowest BCUT2D eigenvalue weighted by atomic mass is 10.1. The first-order chi connectivity index (χ1) is 12.7. The van der Waals surface area contributed by atoms with E-state index in [9.17, 15) is 4.79 Å². The molecule has 4 heteroatoms. The number of allylic oxidation sites excluding steroid dienone is 5. The summed E-state index contributed by atoms with van der Waals surface area (Å²) in [7, 11) is 0. The van der Waals surface area contributed by atoms with Crippen molar-refractivity contribution < 1.29 is 20.0 Å². The van der Waals surface area contributed by atoms with E-state index in [1.807, 2.05) is 12.2 Å². The minimum Gasteiger partial charge on any atom is -0.481 e. The van der Waals surface area contributed by atoms with E-state index in [1.165, 1.54) is 25.7 Å². The van der Waals surface area contributed by atoms with Gasteiger partial charge in [0.2, 0.25) is 0 Å². The first-order valence-corrected chi connectivity index (χ1v) is 10.2. The Morgan fingerprint density at radius 3 is 1.96 bits per heavy atom. The van der Waals surface area contributed by atoms with Gasteiger partial charge in [-0.1, -0.05) is 56.9 Å². The summed E-state index contributed by atoms with van der Waals surface area (Å²) in [6.45, 7) is 2.08. The summed E-state index contributed by atoms with van der Waals surface area (Å²) >= 11 is 0. The van der Waals surface area contributed by atoms with Gasteiger partial charge >= 0.3 is 5.97 Å². The first kappa shape index (κ1) is 24.5. The molecule has 0 aromatic heterocycles. The fraction of sp³-hybridized carbons (Fsp3) is 0.682. The summed E-state index contributed by atoms with van der Waals surface area (Å²) in [6, 6.07) is 0. The van der Waals surface area contributed by atoms with Crippen LogP contribution < -0.4 is 0 Å². The highest BCUT2D eigenvalue weighted by molar-refractivity contribution is 5.66. The Kier molecular flexibility index (Phi) is 18.6. The highest BCUT2D eigenvalue weighted by atomic mass is 17.1. The Hall–Kier alpha value is -1.55. The lowest BCUT2D eigenvalue weighted by Gasteiger charge is -2.01. The number of aliphatic carboxylic acids is 1. The van der Waals surface area contributed by atoms with Gasteiger partial charge in [-0.15, -0.1) is 0 Å². The highest BCUT2D eigenvalue weighted by Crippen LogP contribution is 2.11. The molecular weight excluding hydrogens is 328 g/mol. The molecule has 0 rings (SSSR count). The summed E-state index contributed by atoms with van der Waals surface area (Å²) in [5.74, 6) is -0.0503. The maximum Gasteiger partial charge on any atom is 0.303 e. The van der Waals surface area contributed by atoms with Crippen LogP contribution in [-0.4, -0.2) is 16.3 Å². The smallest absolute Gasteiger partial charge is 0.303 e. The Morgan fingerprint density at radius 2 is 1.38 bits per heavy atom. The summed E-state index contributed by atoms with van der Waals surface area (Å²) < 4.78 is 0. The monoisotopic (exact) mass is 366 g/mol. The van der Waals surface area contributed by atoms with Gasteiger partial charge in [0.05, 0.1) is 0 Å². The van der Waals surface area contributed by atoms with Gasteiger partial charge in [-0.2, -0.15) is 0 Å². The van der Waals surface area contributed by atoms with Crippen LogP contribution in [0.4, 0.5) is 0 Å². The van der Waals surface area contributed by atoms with E-state index >= 15 is 0 Å². The van der Waals surface area contributed by atoms with Crippen molar-refractivity contribution in [2.24, 2.45) is 0 Å². The van der Waals surface area contributed by atoms with Crippen LogP contribution in [0.15, 0.2) is 36.1 Å². The topological polar surface area (TPSA) is 66.8 Å². The van der Waals surface area contributed by atoms with Crippen LogP contribution in [0, 0.1) is 0 Å². The predicted octanol–water partition coefficient (Wildman–Crippen LogP) is 7.04. The minimum atomic E-state index is -0.692. The van der Waals surface area contributed by atoms with Crippen LogP contribution in [0.3, 0.4) is 0 Å². The van der Waals surface area contributed by atoms with Gasteiger partial charge in [0, 0.05) is 12.8 Å². The van der Waals surface area contributed by atoms with Gasteiger partial charge in [-0.3, -0.25) is 4.79 Å². The average Bonchev–Trinajstić information content (AvgIpc) is 2.63. The third kappa shape index (κ3) is 18.8. The third-order valence-corrected chi connectivity index (χ3v) is 4.21. The molecule has 0 radical (unpaired) electrons. The van der Waals surface area contributed by atoms with Crippen molar-refractivity contribution in [1.29, 1.82) is 0 Å². The van der Waals surface area contributed by atoms with Gasteiger partial charge in [0.15, 0.2) is 0 Å². The van der Waals surface area contributed by atoms with Crippen molar-refractivity contribution >= 4 is 5.97 Å². The quantitative estimate of drug-likeness (QED) is 0.0897.